The fourth-order valence-electron chi connectivity index (χ4n) is 1.70. The number of carbonyl (C=O) groups is 1. The topological polar surface area (TPSA) is 32.3 Å². The van der Waals surface area contributed by atoms with E-state index >= 15 is 0 Å². The molecule has 1 amide bonds. The minimum atomic E-state index is 0.0835. The van der Waals surface area contributed by atoms with Gasteiger partial charge in [-0.05, 0) is 30.4 Å². The molecule has 0 atom stereocenters. The summed E-state index contributed by atoms with van der Waals surface area (Å²) in [5, 5.41) is 1.68. The lowest BCUT2D eigenvalue weighted by Crippen LogP contribution is -2.35. The molecule has 94 valence electrons. The number of nitrogens with zero attached hydrogens (tertiary/aromatic N) is 1. The van der Waals surface area contributed by atoms with Crippen LogP contribution in [0.5, 0.6) is 0 Å². The van der Waals surface area contributed by atoms with Crippen LogP contribution in [0.15, 0.2) is 24.3 Å². The normalized spacial score (nSPS) is 10.6. The zero-order valence-electron chi connectivity index (χ0n) is 11.0. The molecule has 0 aliphatic carbocycles. The average molecular weight is 234 g/mol. The number of nitrogens with one attached hydrogen (secondary N) is 1. The van der Waals surface area contributed by atoms with Crippen molar-refractivity contribution in [2.24, 2.45) is 0 Å². The first-order valence-electron chi connectivity index (χ1n) is 6.16. The molecule has 1 aromatic rings. The maximum absolute atomic E-state index is 11.4. The number of hydrogen-bond acceptors (Lipinski definition) is 2. The summed E-state index contributed by atoms with van der Waals surface area (Å²) in [6.07, 6.45) is 3.51. The highest BCUT2D eigenvalue weighted by Gasteiger charge is 2.02. The van der Waals surface area contributed by atoms with Gasteiger partial charge in [0, 0.05) is 20.5 Å². The van der Waals surface area contributed by atoms with Crippen LogP contribution in [0.25, 0.3) is 0 Å². The Morgan fingerprint density at radius 2 is 1.76 bits per heavy atom. The van der Waals surface area contributed by atoms with Crippen molar-refractivity contribution in [1.82, 2.24) is 10.4 Å². The summed E-state index contributed by atoms with van der Waals surface area (Å²) in [5.74, 6) is 0.0835. The Hall–Kier alpha value is -1.35. The highest BCUT2D eigenvalue weighted by Crippen LogP contribution is 2.08. The minimum absolute atomic E-state index is 0.0835. The summed E-state index contributed by atoms with van der Waals surface area (Å²) < 4.78 is 0. The van der Waals surface area contributed by atoms with Crippen LogP contribution in [0.4, 0.5) is 0 Å². The van der Waals surface area contributed by atoms with Crippen LogP contribution in [-0.4, -0.2) is 25.0 Å². The van der Waals surface area contributed by atoms with Crippen molar-refractivity contribution in [1.29, 1.82) is 0 Å². The molecule has 0 saturated carbocycles. The third-order valence-corrected chi connectivity index (χ3v) is 2.65. The number of rotatable bonds is 6. The Morgan fingerprint density at radius 3 is 2.29 bits per heavy atom. The summed E-state index contributed by atoms with van der Waals surface area (Å²) >= 11 is 0. The molecule has 17 heavy (non-hydrogen) atoms. The van der Waals surface area contributed by atoms with Crippen LogP contribution in [0.2, 0.25) is 0 Å². The van der Waals surface area contributed by atoms with E-state index in [0.29, 0.717) is 6.42 Å². The van der Waals surface area contributed by atoms with Crippen LogP contribution >= 0.6 is 0 Å². The van der Waals surface area contributed by atoms with Gasteiger partial charge in [-0.15, -0.1) is 0 Å². The van der Waals surface area contributed by atoms with Crippen molar-refractivity contribution in [2.75, 3.05) is 14.1 Å². The first kappa shape index (κ1) is 13.7. The van der Waals surface area contributed by atoms with Gasteiger partial charge in [0.25, 0.3) is 0 Å². The predicted molar refractivity (Wildman–Crippen MR) is 70.6 cm³/mol. The number of amides is 1. The van der Waals surface area contributed by atoms with E-state index in [1.165, 1.54) is 11.1 Å². The van der Waals surface area contributed by atoms with E-state index < -0.39 is 0 Å². The molecular formula is C14H22N2O. The largest absolute Gasteiger partial charge is 0.289 e. The molecule has 0 aliphatic heterocycles. The van der Waals surface area contributed by atoms with E-state index in [9.17, 15) is 4.79 Å². The summed E-state index contributed by atoms with van der Waals surface area (Å²) in [6, 6.07) is 8.63. The Morgan fingerprint density at radius 1 is 1.18 bits per heavy atom. The van der Waals surface area contributed by atoms with E-state index in [1.807, 2.05) is 14.1 Å². The van der Waals surface area contributed by atoms with Crippen LogP contribution < -0.4 is 5.43 Å². The maximum Gasteiger partial charge on any atom is 0.234 e. The van der Waals surface area contributed by atoms with Crippen LogP contribution in [0, 0.1) is 0 Å². The average Bonchev–Trinajstić information content (AvgIpc) is 2.29. The number of hydrogen-bond donors (Lipinski definition) is 1. The van der Waals surface area contributed by atoms with E-state index in [0.717, 1.165) is 19.3 Å². The molecule has 3 heteroatoms. The van der Waals surface area contributed by atoms with Crippen molar-refractivity contribution in [3.05, 3.63) is 35.4 Å². The molecule has 3 nitrogen and oxygen atoms in total. The molecule has 0 fully saturated rings. The Kier molecular flexibility index (Phi) is 5.70. The van der Waals surface area contributed by atoms with Gasteiger partial charge in [-0.2, -0.15) is 0 Å². The fraction of sp³-hybridized carbons (Fsp3) is 0.500. The molecule has 1 rings (SSSR count). The van der Waals surface area contributed by atoms with E-state index in [4.69, 9.17) is 0 Å². The van der Waals surface area contributed by atoms with Crippen molar-refractivity contribution in [2.45, 2.75) is 32.6 Å². The molecular weight excluding hydrogens is 212 g/mol. The van der Waals surface area contributed by atoms with Crippen LogP contribution in [0.3, 0.4) is 0 Å². The molecule has 0 bridgehead atoms. The summed E-state index contributed by atoms with van der Waals surface area (Å²) in [7, 11) is 3.64. The smallest absolute Gasteiger partial charge is 0.234 e. The van der Waals surface area contributed by atoms with Gasteiger partial charge in [0.1, 0.15) is 0 Å². The third-order valence-electron chi connectivity index (χ3n) is 2.65. The van der Waals surface area contributed by atoms with E-state index in [2.05, 4.69) is 36.6 Å². The number of hydrazine groups is 1. The van der Waals surface area contributed by atoms with Gasteiger partial charge >= 0.3 is 0 Å². The van der Waals surface area contributed by atoms with Gasteiger partial charge in [0.2, 0.25) is 5.91 Å². The molecule has 0 radical (unpaired) electrons. The quantitative estimate of drug-likeness (QED) is 0.765. The molecule has 0 saturated heterocycles. The third kappa shape index (κ3) is 5.50. The first-order valence-corrected chi connectivity index (χ1v) is 6.16. The Bertz CT molecular complexity index is 344. The van der Waals surface area contributed by atoms with Crippen LogP contribution in [0.1, 0.15) is 30.9 Å². The van der Waals surface area contributed by atoms with Gasteiger partial charge in [0.15, 0.2) is 0 Å². The van der Waals surface area contributed by atoms with E-state index in [1.54, 1.807) is 5.01 Å². The second-order valence-corrected chi connectivity index (χ2v) is 4.45. The van der Waals surface area contributed by atoms with Gasteiger partial charge in [-0.1, -0.05) is 31.2 Å². The van der Waals surface area contributed by atoms with Gasteiger partial charge in [0.05, 0.1) is 0 Å². The highest BCUT2D eigenvalue weighted by atomic mass is 16.2. The zero-order valence-corrected chi connectivity index (χ0v) is 11.0. The highest BCUT2D eigenvalue weighted by molar-refractivity contribution is 5.75. The SMILES string of the molecule is CCc1ccc(CCCC(=O)NN(C)C)cc1. The lowest BCUT2D eigenvalue weighted by molar-refractivity contribution is -0.124. The molecule has 0 aliphatic rings. The standard InChI is InChI=1S/C14H22N2O/c1-4-12-8-10-13(11-9-12)6-5-7-14(17)15-16(2)3/h8-11H,4-7H2,1-3H3,(H,15,17). The Balaban J connectivity index is 2.28. The lowest BCUT2D eigenvalue weighted by atomic mass is 10.1. The maximum atomic E-state index is 11.4. The molecule has 1 aromatic carbocycles. The van der Waals surface area contributed by atoms with Gasteiger partial charge < -0.3 is 0 Å². The first-order chi connectivity index (χ1) is 8.11. The summed E-state index contributed by atoms with van der Waals surface area (Å²) in [4.78, 5) is 11.4. The number of benzene rings is 1. The molecule has 0 spiro atoms. The van der Waals surface area contributed by atoms with Gasteiger partial charge in [-0.3, -0.25) is 10.2 Å². The second-order valence-electron chi connectivity index (χ2n) is 4.45. The Labute approximate surface area is 104 Å². The minimum Gasteiger partial charge on any atom is -0.289 e. The summed E-state index contributed by atoms with van der Waals surface area (Å²) in [5.41, 5.74) is 5.41. The number of carbonyl (C=O) groups excluding carboxylic acids is 1. The molecule has 0 aromatic heterocycles. The molecule has 1 N–H and O–H groups in total. The van der Waals surface area contributed by atoms with Crippen molar-refractivity contribution in [3.8, 4) is 0 Å². The monoisotopic (exact) mass is 234 g/mol. The zero-order chi connectivity index (χ0) is 12.7. The summed E-state index contributed by atoms with van der Waals surface area (Å²) in [6.45, 7) is 2.15. The second kappa shape index (κ2) is 7.07. The molecule has 0 unspecified atom stereocenters. The van der Waals surface area contributed by atoms with E-state index in [-0.39, 0.29) is 5.91 Å². The molecule has 0 heterocycles. The van der Waals surface area contributed by atoms with Crippen molar-refractivity contribution < 1.29 is 4.79 Å². The fourth-order valence-corrected chi connectivity index (χ4v) is 1.70. The van der Waals surface area contributed by atoms with Crippen molar-refractivity contribution in [3.63, 3.8) is 0 Å². The lowest BCUT2D eigenvalue weighted by Gasteiger charge is -2.11. The van der Waals surface area contributed by atoms with Crippen molar-refractivity contribution >= 4 is 5.91 Å². The number of aryl methyl sites for hydroxylation is 2. The predicted octanol–water partition coefficient (Wildman–Crippen LogP) is 2.16. The van der Waals surface area contributed by atoms with Gasteiger partial charge in [-0.25, -0.2) is 5.01 Å². The van der Waals surface area contributed by atoms with Crippen LogP contribution in [-0.2, 0) is 17.6 Å².